The van der Waals surface area contributed by atoms with Crippen LogP contribution in [0.15, 0.2) is 40.9 Å². The van der Waals surface area contributed by atoms with Crippen molar-refractivity contribution in [1.82, 2.24) is 5.32 Å². The molecule has 0 aromatic heterocycles. The van der Waals surface area contributed by atoms with E-state index in [-0.39, 0.29) is 23.4 Å². The number of rotatable bonds is 9. The lowest BCUT2D eigenvalue weighted by Gasteiger charge is -2.33. The minimum Gasteiger partial charge on any atom is -0.490 e. The van der Waals surface area contributed by atoms with Crippen LogP contribution in [-0.2, 0) is 13.2 Å². The molecule has 2 aromatic rings. The van der Waals surface area contributed by atoms with Crippen LogP contribution in [0.2, 0.25) is 0 Å². The van der Waals surface area contributed by atoms with Gasteiger partial charge in [-0.15, -0.1) is 0 Å². The Morgan fingerprint density at radius 3 is 2.34 bits per heavy atom. The molecule has 1 N–H and O–H groups in total. The van der Waals surface area contributed by atoms with Crippen molar-refractivity contribution in [1.29, 1.82) is 0 Å². The highest BCUT2D eigenvalue weighted by Crippen LogP contribution is 2.38. The van der Waals surface area contributed by atoms with E-state index >= 15 is 0 Å². The first-order valence-electron chi connectivity index (χ1n) is 10.1. The van der Waals surface area contributed by atoms with Crippen LogP contribution in [0.25, 0.3) is 0 Å². The first-order chi connectivity index (χ1) is 13.5. The second-order valence-corrected chi connectivity index (χ2v) is 10.0. The zero-order valence-corrected chi connectivity index (χ0v) is 20.0. The van der Waals surface area contributed by atoms with Crippen molar-refractivity contribution in [2.75, 3.05) is 6.61 Å². The molecule has 0 radical (unpaired) electrons. The lowest BCUT2D eigenvalue weighted by molar-refractivity contribution is 0.240. The topological polar surface area (TPSA) is 30.5 Å². The second kappa shape index (κ2) is 9.94. The summed E-state index contributed by atoms with van der Waals surface area (Å²) >= 11 is 3.60. The molecule has 0 bridgehead atoms. The van der Waals surface area contributed by atoms with Gasteiger partial charge in [0.25, 0.3) is 0 Å². The quantitative estimate of drug-likeness (QED) is 0.438. The number of benzene rings is 2. The van der Waals surface area contributed by atoms with E-state index in [1.54, 1.807) is 18.2 Å². The van der Waals surface area contributed by atoms with E-state index in [1.165, 1.54) is 6.07 Å². The first-order valence-corrected chi connectivity index (χ1v) is 10.9. The lowest BCUT2D eigenvalue weighted by Crippen LogP contribution is -2.41. The van der Waals surface area contributed by atoms with Crippen LogP contribution in [0.1, 0.15) is 59.1 Å². The Bertz CT molecular complexity index is 815. The van der Waals surface area contributed by atoms with Crippen molar-refractivity contribution in [3.63, 3.8) is 0 Å². The average molecular weight is 466 g/mol. The van der Waals surface area contributed by atoms with Gasteiger partial charge in [0.1, 0.15) is 12.4 Å². The van der Waals surface area contributed by atoms with E-state index in [0.29, 0.717) is 23.7 Å². The van der Waals surface area contributed by atoms with Crippen LogP contribution in [0.5, 0.6) is 11.5 Å². The number of nitrogens with one attached hydrogen (secondary N) is 1. The Balaban J connectivity index is 2.15. The number of ether oxygens (including phenoxy) is 2. The maximum absolute atomic E-state index is 13.9. The van der Waals surface area contributed by atoms with Gasteiger partial charge in [-0.25, -0.2) is 4.39 Å². The zero-order chi connectivity index (χ0) is 21.7. The second-order valence-electron chi connectivity index (χ2n) is 9.19. The zero-order valence-electron chi connectivity index (χ0n) is 18.4. The molecule has 0 saturated heterocycles. The third-order valence-corrected chi connectivity index (χ3v) is 5.03. The summed E-state index contributed by atoms with van der Waals surface area (Å²) in [5, 5.41) is 3.65. The standard InChI is InChI=1S/C24H33BrFNO2/c1-7-28-21-13-17(14-27-24(5,6)16-23(2,3)4)12-19(25)22(21)29-15-18-10-8-9-11-20(18)26/h8-13,27H,7,14-16H2,1-6H3. The SMILES string of the molecule is CCOc1cc(CNC(C)(C)CC(C)(C)C)cc(Br)c1OCc1ccccc1F. The summed E-state index contributed by atoms with van der Waals surface area (Å²) < 4.78 is 26.4. The summed E-state index contributed by atoms with van der Waals surface area (Å²) in [4.78, 5) is 0. The van der Waals surface area contributed by atoms with E-state index in [1.807, 2.05) is 19.1 Å². The largest absolute Gasteiger partial charge is 0.490 e. The fourth-order valence-electron chi connectivity index (χ4n) is 3.62. The number of hydrogen-bond acceptors (Lipinski definition) is 3. The van der Waals surface area contributed by atoms with E-state index in [9.17, 15) is 4.39 Å². The summed E-state index contributed by atoms with van der Waals surface area (Å²) in [6, 6.07) is 10.6. The van der Waals surface area contributed by atoms with Gasteiger partial charge >= 0.3 is 0 Å². The van der Waals surface area contributed by atoms with Crippen LogP contribution in [-0.4, -0.2) is 12.1 Å². The first kappa shape index (κ1) is 23.7. The molecule has 0 aliphatic rings. The van der Waals surface area contributed by atoms with Crippen LogP contribution in [0.4, 0.5) is 4.39 Å². The molecule has 0 unspecified atom stereocenters. The summed E-state index contributed by atoms with van der Waals surface area (Å²) in [5.74, 6) is 0.972. The maximum Gasteiger partial charge on any atom is 0.175 e. The molecule has 0 spiro atoms. The summed E-state index contributed by atoms with van der Waals surface area (Å²) in [6.45, 7) is 14.5. The van der Waals surface area contributed by atoms with Gasteiger partial charge in [-0.05, 0) is 72.3 Å². The molecule has 0 saturated carbocycles. The number of hydrogen-bond donors (Lipinski definition) is 1. The monoisotopic (exact) mass is 465 g/mol. The average Bonchev–Trinajstić information content (AvgIpc) is 2.59. The van der Waals surface area contributed by atoms with Crippen molar-refractivity contribution < 1.29 is 13.9 Å². The van der Waals surface area contributed by atoms with Crippen molar-refractivity contribution >= 4 is 15.9 Å². The van der Waals surface area contributed by atoms with Gasteiger partial charge in [0, 0.05) is 17.6 Å². The van der Waals surface area contributed by atoms with Gasteiger partial charge in [-0.2, -0.15) is 0 Å². The van der Waals surface area contributed by atoms with Crippen LogP contribution in [0.3, 0.4) is 0 Å². The van der Waals surface area contributed by atoms with E-state index in [4.69, 9.17) is 9.47 Å². The van der Waals surface area contributed by atoms with Gasteiger partial charge in [0.2, 0.25) is 0 Å². The normalized spacial score (nSPS) is 12.1. The predicted molar refractivity (Wildman–Crippen MR) is 121 cm³/mol. The van der Waals surface area contributed by atoms with E-state index in [2.05, 4.69) is 55.9 Å². The van der Waals surface area contributed by atoms with Crippen molar-refractivity contribution in [3.8, 4) is 11.5 Å². The molecule has 0 aliphatic heterocycles. The maximum atomic E-state index is 13.9. The fourth-order valence-corrected chi connectivity index (χ4v) is 4.23. The Morgan fingerprint density at radius 2 is 1.72 bits per heavy atom. The minimum absolute atomic E-state index is 0.0104. The third kappa shape index (κ3) is 7.63. The molecular formula is C24H33BrFNO2. The highest BCUT2D eigenvalue weighted by atomic mass is 79.9. The van der Waals surface area contributed by atoms with Gasteiger partial charge < -0.3 is 14.8 Å². The van der Waals surface area contributed by atoms with Crippen LogP contribution in [0, 0.1) is 11.2 Å². The van der Waals surface area contributed by atoms with Gasteiger partial charge in [0.05, 0.1) is 11.1 Å². The Labute approximate surface area is 183 Å². The summed E-state index contributed by atoms with van der Waals surface area (Å²) in [6.07, 6.45) is 1.06. The van der Waals surface area contributed by atoms with Crippen LogP contribution < -0.4 is 14.8 Å². The van der Waals surface area contributed by atoms with Crippen molar-refractivity contribution in [2.24, 2.45) is 5.41 Å². The molecule has 0 heterocycles. The highest BCUT2D eigenvalue weighted by Gasteiger charge is 2.25. The Morgan fingerprint density at radius 1 is 1.03 bits per heavy atom. The number of halogens is 2. The summed E-state index contributed by atoms with van der Waals surface area (Å²) in [5.41, 5.74) is 1.87. The molecule has 2 rings (SSSR count). The molecule has 3 nitrogen and oxygen atoms in total. The predicted octanol–water partition coefficient (Wildman–Crippen LogP) is 6.87. The highest BCUT2D eigenvalue weighted by molar-refractivity contribution is 9.10. The Kier molecular flexibility index (Phi) is 8.12. The molecular weight excluding hydrogens is 433 g/mol. The van der Waals surface area contributed by atoms with Gasteiger partial charge in [-0.1, -0.05) is 39.0 Å². The van der Waals surface area contributed by atoms with E-state index in [0.717, 1.165) is 23.0 Å². The smallest absolute Gasteiger partial charge is 0.175 e. The fraction of sp³-hybridized carbons (Fsp3) is 0.500. The molecule has 29 heavy (non-hydrogen) atoms. The summed E-state index contributed by atoms with van der Waals surface area (Å²) in [7, 11) is 0. The molecule has 160 valence electrons. The Hall–Kier alpha value is -1.59. The van der Waals surface area contributed by atoms with E-state index < -0.39 is 0 Å². The van der Waals surface area contributed by atoms with Crippen molar-refractivity contribution in [2.45, 2.75) is 66.7 Å². The van der Waals surface area contributed by atoms with Gasteiger partial charge in [0.15, 0.2) is 11.5 Å². The molecule has 0 amide bonds. The van der Waals surface area contributed by atoms with Gasteiger partial charge in [-0.3, -0.25) is 0 Å². The molecule has 0 aliphatic carbocycles. The van der Waals surface area contributed by atoms with Crippen LogP contribution >= 0.6 is 15.9 Å². The van der Waals surface area contributed by atoms with Crippen molar-refractivity contribution in [3.05, 3.63) is 57.8 Å². The lowest BCUT2D eigenvalue weighted by atomic mass is 9.82. The minimum atomic E-state index is -0.275. The molecule has 0 fully saturated rings. The molecule has 2 aromatic carbocycles. The third-order valence-electron chi connectivity index (χ3n) is 4.44. The molecule has 5 heteroatoms. The molecule has 0 atom stereocenters.